The number of rotatable bonds is 2. The normalized spacial score (nSPS) is 17.6. The van der Waals surface area contributed by atoms with Crippen molar-refractivity contribution < 1.29 is 0 Å². The van der Waals surface area contributed by atoms with Crippen LogP contribution in [-0.2, 0) is 22.7 Å². The van der Waals surface area contributed by atoms with Gasteiger partial charge >= 0.3 is 9.83 Å². The maximum Gasteiger partial charge on any atom is 0.377 e. The van der Waals surface area contributed by atoms with Crippen molar-refractivity contribution >= 4 is 62.8 Å². The average Bonchev–Trinajstić information content (AvgIpc) is 2.93. The van der Waals surface area contributed by atoms with Gasteiger partial charge in [0.1, 0.15) is 0 Å². The Hall–Kier alpha value is 1.32. The fourth-order valence-electron chi connectivity index (χ4n) is 1.92. The van der Waals surface area contributed by atoms with Crippen LogP contribution in [0.3, 0.4) is 0 Å². The molecule has 2 aliphatic rings. The minimum absolute atomic E-state index is 1.16. The van der Waals surface area contributed by atoms with E-state index in [1.165, 1.54) is 0 Å². The zero-order valence-electron chi connectivity index (χ0n) is 8.86. The van der Waals surface area contributed by atoms with Crippen LogP contribution in [0.5, 0.6) is 0 Å². The number of fused-ring (bicyclic) bond motifs is 2. The van der Waals surface area contributed by atoms with E-state index in [0.29, 0.717) is 0 Å². The highest BCUT2D eigenvalue weighted by molar-refractivity contribution is 9.10. The molecule has 3 rings (SSSR count). The van der Waals surface area contributed by atoms with Crippen molar-refractivity contribution in [1.29, 1.82) is 0 Å². The molecule has 0 aliphatic carbocycles. The Kier molecular flexibility index (Phi) is 3.96. The second kappa shape index (κ2) is 5.13. The monoisotopic (exact) mass is 322 g/mol. The molecule has 0 aromatic heterocycles. The Morgan fingerprint density at radius 2 is 1.31 bits per heavy atom. The Bertz CT molecular complexity index is 367. The van der Waals surface area contributed by atoms with E-state index in [1.807, 2.05) is 62.8 Å². The summed E-state index contributed by atoms with van der Waals surface area (Å²) < 4.78 is 0. The lowest BCUT2D eigenvalue weighted by Gasteiger charge is -2.11. The molecule has 0 unspecified atom stereocenters. The first-order valence-electron chi connectivity index (χ1n) is 5.10. The lowest BCUT2D eigenvalue weighted by atomic mass is 10.1. The van der Waals surface area contributed by atoms with E-state index >= 15 is 0 Å². The van der Waals surface area contributed by atoms with Crippen LogP contribution < -0.4 is 0 Å². The predicted octanol–water partition coefficient (Wildman–Crippen LogP) is 5.68. The van der Waals surface area contributed by atoms with Crippen molar-refractivity contribution in [3.63, 3.8) is 0 Å². The molecule has 0 saturated heterocycles. The van der Waals surface area contributed by atoms with Gasteiger partial charge in [0.2, 0.25) is 21.6 Å². The van der Waals surface area contributed by atoms with Crippen LogP contribution >= 0.6 is 53.0 Å². The van der Waals surface area contributed by atoms with Gasteiger partial charge in [0.25, 0.3) is 0 Å². The van der Waals surface area contributed by atoms with Crippen LogP contribution in [0.2, 0.25) is 0 Å². The van der Waals surface area contributed by atoms with Gasteiger partial charge < -0.3 is 0 Å². The van der Waals surface area contributed by atoms with E-state index in [2.05, 4.69) is 13.8 Å². The zero-order chi connectivity index (χ0) is 11.1. The summed E-state index contributed by atoms with van der Waals surface area (Å²) in [6.07, 6.45) is 2.33. The highest BCUT2D eigenvalue weighted by Gasteiger charge is 2.38. The molecule has 0 N–H and O–H groups in total. The minimum atomic E-state index is 1.16. The van der Waals surface area contributed by atoms with Gasteiger partial charge in [-0.1, -0.05) is 13.8 Å². The SMILES string of the molecule is CCc1c2c(c(CC)c3c1S[S+]S3)SSS2. The molecule has 16 heavy (non-hydrogen) atoms. The van der Waals surface area contributed by atoms with Crippen molar-refractivity contribution in [2.75, 3.05) is 0 Å². The Balaban J connectivity index is 2.29. The Labute approximate surface area is 119 Å². The van der Waals surface area contributed by atoms with E-state index in [-0.39, 0.29) is 0 Å². The van der Waals surface area contributed by atoms with Crippen LogP contribution in [0.15, 0.2) is 19.6 Å². The summed E-state index contributed by atoms with van der Waals surface area (Å²) in [4.78, 5) is 6.24. The van der Waals surface area contributed by atoms with Gasteiger partial charge in [0.05, 0.1) is 9.79 Å². The van der Waals surface area contributed by atoms with Gasteiger partial charge in [0, 0.05) is 9.79 Å². The first kappa shape index (κ1) is 12.4. The summed E-state index contributed by atoms with van der Waals surface area (Å²) in [6, 6.07) is 0. The maximum atomic E-state index is 2.28. The summed E-state index contributed by atoms with van der Waals surface area (Å²) in [5, 5.41) is 0. The lowest BCUT2D eigenvalue weighted by Crippen LogP contribution is -1.96. The summed E-state index contributed by atoms with van der Waals surface area (Å²) in [5.74, 6) is 0. The predicted molar refractivity (Wildman–Crippen MR) is 83.6 cm³/mol. The summed E-state index contributed by atoms with van der Waals surface area (Å²) in [7, 11) is 11.7. The van der Waals surface area contributed by atoms with Crippen molar-refractivity contribution in [3.05, 3.63) is 11.1 Å². The van der Waals surface area contributed by atoms with Crippen molar-refractivity contribution in [2.45, 2.75) is 46.3 Å². The molecule has 0 spiro atoms. The molecule has 2 aliphatic heterocycles. The Morgan fingerprint density at radius 1 is 0.812 bits per heavy atom. The largest absolute Gasteiger partial charge is 0.377 e. The molecule has 85 valence electrons. The molecule has 0 amide bonds. The summed E-state index contributed by atoms with van der Waals surface area (Å²) >= 11 is 0. The molecule has 0 saturated carbocycles. The third kappa shape index (κ3) is 1.84. The maximum absolute atomic E-state index is 2.28. The molecule has 2 heterocycles. The second-order valence-corrected chi connectivity index (χ2v) is 11.3. The van der Waals surface area contributed by atoms with Crippen molar-refractivity contribution in [3.8, 4) is 0 Å². The van der Waals surface area contributed by atoms with Crippen LogP contribution in [0.1, 0.15) is 25.0 Å². The number of hydrogen-bond acceptors (Lipinski definition) is 6. The smallest absolute Gasteiger partial charge is 0.0612 e. The first-order chi connectivity index (χ1) is 7.86. The van der Waals surface area contributed by atoms with E-state index in [4.69, 9.17) is 0 Å². The molecule has 0 atom stereocenters. The van der Waals surface area contributed by atoms with Gasteiger partial charge in [0.15, 0.2) is 0 Å². The average molecular weight is 323 g/mol. The molecular formula is C10H10S6+. The van der Waals surface area contributed by atoms with E-state index in [0.717, 1.165) is 12.8 Å². The fraction of sp³-hybridized carbons (Fsp3) is 0.400. The molecule has 1 radical (unpaired) electrons. The molecule has 0 bridgehead atoms. The zero-order valence-corrected chi connectivity index (χ0v) is 13.8. The molecule has 0 fully saturated rings. The van der Waals surface area contributed by atoms with Gasteiger partial charge in [-0.15, -0.1) is 0 Å². The second-order valence-electron chi connectivity index (χ2n) is 3.45. The van der Waals surface area contributed by atoms with E-state index in [1.54, 1.807) is 30.7 Å². The quantitative estimate of drug-likeness (QED) is 0.503. The third-order valence-corrected chi connectivity index (χ3v) is 11.0. The first-order valence-corrected chi connectivity index (χ1v) is 12.1. The van der Waals surface area contributed by atoms with Crippen LogP contribution in [0.4, 0.5) is 0 Å². The van der Waals surface area contributed by atoms with Crippen LogP contribution in [0, 0.1) is 0 Å². The standard InChI is InChI=1S/C10H10S6/c1-3-5-7-9(13-15-11-7)6(4-2)10-8(5)12-16-14-10/h3-4H2,1-2H3/q+1. The van der Waals surface area contributed by atoms with E-state index in [9.17, 15) is 0 Å². The van der Waals surface area contributed by atoms with Crippen LogP contribution in [-0.4, -0.2) is 0 Å². The van der Waals surface area contributed by atoms with Gasteiger partial charge in [-0.25, -0.2) is 0 Å². The van der Waals surface area contributed by atoms with Crippen molar-refractivity contribution in [1.82, 2.24) is 0 Å². The summed E-state index contributed by atoms with van der Waals surface area (Å²) in [5.41, 5.74) is 3.18. The van der Waals surface area contributed by atoms with Gasteiger partial charge in [-0.05, 0) is 55.4 Å². The molecule has 0 nitrogen and oxygen atoms in total. The Morgan fingerprint density at radius 3 is 1.75 bits per heavy atom. The lowest BCUT2D eigenvalue weighted by molar-refractivity contribution is 0.883. The minimum Gasteiger partial charge on any atom is -0.0612 e. The molecule has 1 aromatic rings. The third-order valence-electron chi connectivity index (χ3n) is 2.69. The number of benzene rings is 1. The molecular weight excluding hydrogens is 313 g/mol. The van der Waals surface area contributed by atoms with Crippen LogP contribution in [0.25, 0.3) is 0 Å². The number of hydrogen-bond donors (Lipinski definition) is 0. The molecule has 6 heteroatoms. The topological polar surface area (TPSA) is 0 Å². The van der Waals surface area contributed by atoms with Gasteiger partial charge in [-0.3, -0.25) is 0 Å². The van der Waals surface area contributed by atoms with Gasteiger partial charge in [-0.2, -0.15) is 0 Å². The molecule has 1 aromatic carbocycles. The summed E-state index contributed by atoms with van der Waals surface area (Å²) in [6.45, 7) is 4.56. The fourth-order valence-corrected chi connectivity index (χ4v) is 12.0. The van der Waals surface area contributed by atoms with Crippen molar-refractivity contribution in [2.24, 2.45) is 0 Å². The highest BCUT2D eigenvalue weighted by Crippen LogP contribution is 2.63. The van der Waals surface area contributed by atoms with E-state index < -0.39 is 0 Å². The highest BCUT2D eigenvalue weighted by atomic mass is 33.5.